The van der Waals surface area contributed by atoms with Crippen LogP contribution in [0.25, 0.3) is 0 Å². The maximum Gasteiger partial charge on any atom is 0.138 e. The topological polar surface area (TPSA) is 32.3 Å². The molecule has 0 radical (unpaired) electrons. The van der Waals surface area contributed by atoms with Crippen molar-refractivity contribution in [3.8, 4) is 5.75 Å². The Morgan fingerprint density at radius 2 is 1.76 bits per heavy atom. The van der Waals surface area contributed by atoms with E-state index in [0.717, 1.165) is 12.0 Å². The van der Waals surface area contributed by atoms with Crippen LogP contribution in [0.1, 0.15) is 37.4 Å². The van der Waals surface area contributed by atoms with Crippen molar-refractivity contribution in [2.75, 3.05) is 0 Å². The van der Waals surface area contributed by atoms with Gasteiger partial charge in [0.2, 0.25) is 0 Å². The van der Waals surface area contributed by atoms with Crippen LogP contribution >= 0.6 is 11.6 Å². The van der Waals surface area contributed by atoms with Crippen molar-refractivity contribution in [3.63, 3.8) is 0 Å². The summed E-state index contributed by atoms with van der Waals surface area (Å²) in [6.07, 6.45) is 1.05. The Kier molecular flexibility index (Phi) is 5.66. The zero-order valence-corrected chi connectivity index (χ0v) is 13.3. The zero-order valence-electron chi connectivity index (χ0n) is 12.5. The van der Waals surface area contributed by atoms with Crippen LogP contribution in [0.2, 0.25) is 5.02 Å². The molecule has 0 bridgehead atoms. The van der Waals surface area contributed by atoms with Crippen molar-refractivity contribution in [1.82, 2.24) is 5.32 Å². The summed E-state index contributed by atoms with van der Waals surface area (Å²) in [5, 5.41) is 13.9. The maximum absolute atomic E-state index is 9.99. The summed E-state index contributed by atoms with van der Waals surface area (Å²) in [5.41, 5.74) is 2.10. The van der Waals surface area contributed by atoms with Crippen LogP contribution in [0.5, 0.6) is 5.75 Å². The Hall–Kier alpha value is -1.51. The monoisotopic (exact) mass is 303 g/mol. The fourth-order valence-corrected chi connectivity index (χ4v) is 2.62. The highest BCUT2D eigenvalue weighted by atomic mass is 35.5. The molecule has 2 aromatic carbocycles. The molecular weight excluding hydrogens is 282 g/mol. The van der Waals surface area contributed by atoms with Gasteiger partial charge in [0.1, 0.15) is 5.75 Å². The van der Waals surface area contributed by atoms with Crippen molar-refractivity contribution < 1.29 is 5.11 Å². The maximum atomic E-state index is 9.99. The second kappa shape index (κ2) is 7.48. The highest BCUT2D eigenvalue weighted by Gasteiger charge is 2.14. The minimum Gasteiger partial charge on any atom is -0.506 e. The summed E-state index contributed by atoms with van der Waals surface area (Å²) >= 11 is 5.95. The summed E-state index contributed by atoms with van der Waals surface area (Å²) in [4.78, 5) is 0. The first-order chi connectivity index (χ1) is 10.1. The van der Waals surface area contributed by atoms with Gasteiger partial charge in [-0.05, 0) is 24.0 Å². The van der Waals surface area contributed by atoms with Gasteiger partial charge in [0.05, 0.1) is 5.02 Å². The molecule has 0 aliphatic rings. The Morgan fingerprint density at radius 3 is 2.43 bits per heavy atom. The second-order valence-corrected chi connectivity index (χ2v) is 6.13. The molecule has 2 N–H and O–H groups in total. The molecule has 0 heterocycles. The Bertz CT molecular complexity index is 569. The fourth-order valence-electron chi connectivity index (χ4n) is 2.43. The van der Waals surface area contributed by atoms with Crippen LogP contribution < -0.4 is 5.32 Å². The van der Waals surface area contributed by atoms with Gasteiger partial charge < -0.3 is 10.4 Å². The molecule has 2 nitrogen and oxygen atoms in total. The molecule has 0 saturated heterocycles. The Labute approximate surface area is 131 Å². The normalized spacial score (nSPS) is 12.6. The van der Waals surface area contributed by atoms with Gasteiger partial charge in [-0.25, -0.2) is 0 Å². The summed E-state index contributed by atoms with van der Waals surface area (Å²) in [7, 11) is 0. The van der Waals surface area contributed by atoms with E-state index in [2.05, 4.69) is 43.4 Å². The first-order valence-corrected chi connectivity index (χ1v) is 7.70. The molecular formula is C18H22ClNO. The van der Waals surface area contributed by atoms with E-state index < -0.39 is 0 Å². The highest BCUT2D eigenvalue weighted by molar-refractivity contribution is 6.32. The number of benzene rings is 2. The molecule has 0 aliphatic carbocycles. The number of halogens is 1. The quantitative estimate of drug-likeness (QED) is 0.793. The predicted octanol–water partition coefficient (Wildman–Crippen LogP) is 4.92. The molecule has 0 aromatic heterocycles. The van der Waals surface area contributed by atoms with Gasteiger partial charge in [0.15, 0.2) is 0 Å². The number of hydrogen-bond donors (Lipinski definition) is 2. The lowest BCUT2D eigenvalue weighted by Crippen LogP contribution is -2.22. The van der Waals surface area contributed by atoms with E-state index in [-0.39, 0.29) is 11.8 Å². The third kappa shape index (κ3) is 4.48. The molecule has 21 heavy (non-hydrogen) atoms. The molecule has 0 spiro atoms. The third-order valence-electron chi connectivity index (χ3n) is 3.52. The molecule has 112 valence electrons. The van der Waals surface area contributed by atoms with E-state index >= 15 is 0 Å². The van der Waals surface area contributed by atoms with Crippen LogP contribution in [0, 0.1) is 5.92 Å². The number of nitrogens with one attached hydrogen (secondary N) is 1. The number of phenolic OH excluding ortho intramolecular Hbond substituents is 1. The lowest BCUT2D eigenvalue weighted by atomic mass is 9.97. The minimum atomic E-state index is 0.169. The second-order valence-electron chi connectivity index (χ2n) is 5.72. The predicted molar refractivity (Wildman–Crippen MR) is 88.6 cm³/mol. The smallest absolute Gasteiger partial charge is 0.138 e. The van der Waals surface area contributed by atoms with Gasteiger partial charge in [0, 0.05) is 18.2 Å². The summed E-state index contributed by atoms with van der Waals surface area (Å²) in [5.74, 6) is 0.763. The number of para-hydroxylation sites is 1. The van der Waals surface area contributed by atoms with E-state index in [0.29, 0.717) is 17.5 Å². The largest absolute Gasteiger partial charge is 0.506 e. The average molecular weight is 304 g/mol. The third-order valence-corrected chi connectivity index (χ3v) is 3.82. The Balaban J connectivity index is 2.11. The number of hydrogen-bond acceptors (Lipinski definition) is 2. The standard InChI is InChI=1S/C18H22ClNO/c1-13(2)11-17(14-7-4-3-5-8-14)20-12-15-9-6-10-16(19)18(15)21/h3-10,13,17,20-21H,11-12H2,1-2H3. The van der Waals surface area contributed by atoms with E-state index in [1.54, 1.807) is 6.07 Å². The molecule has 0 saturated carbocycles. The highest BCUT2D eigenvalue weighted by Crippen LogP contribution is 2.28. The van der Waals surface area contributed by atoms with Crippen molar-refractivity contribution in [2.24, 2.45) is 5.92 Å². The Morgan fingerprint density at radius 1 is 1.05 bits per heavy atom. The molecule has 0 fully saturated rings. The van der Waals surface area contributed by atoms with Gasteiger partial charge in [-0.15, -0.1) is 0 Å². The van der Waals surface area contributed by atoms with Crippen molar-refractivity contribution in [1.29, 1.82) is 0 Å². The van der Waals surface area contributed by atoms with E-state index in [1.807, 2.05) is 18.2 Å². The van der Waals surface area contributed by atoms with Crippen molar-refractivity contribution >= 4 is 11.6 Å². The van der Waals surface area contributed by atoms with Gasteiger partial charge >= 0.3 is 0 Å². The van der Waals surface area contributed by atoms with Crippen molar-refractivity contribution in [2.45, 2.75) is 32.9 Å². The molecule has 3 heteroatoms. The number of aromatic hydroxyl groups is 1. The summed E-state index contributed by atoms with van der Waals surface area (Å²) in [6.45, 7) is 5.03. The molecule has 2 aromatic rings. The average Bonchev–Trinajstić information content (AvgIpc) is 2.48. The van der Waals surface area contributed by atoms with Gasteiger partial charge in [0.25, 0.3) is 0 Å². The van der Waals surface area contributed by atoms with Gasteiger partial charge in [-0.3, -0.25) is 0 Å². The first-order valence-electron chi connectivity index (χ1n) is 7.32. The van der Waals surface area contributed by atoms with Crippen LogP contribution in [0.3, 0.4) is 0 Å². The van der Waals surface area contributed by atoms with E-state index in [9.17, 15) is 5.11 Å². The zero-order chi connectivity index (χ0) is 15.2. The van der Waals surface area contributed by atoms with Crippen molar-refractivity contribution in [3.05, 3.63) is 64.7 Å². The van der Waals surface area contributed by atoms with E-state index in [4.69, 9.17) is 11.6 Å². The molecule has 0 aliphatic heterocycles. The lowest BCUT2D eigenvalue weighted by molar-refractivity contribution is 0.419. The summed E-state index contributed by atoms with van der Waals surface area (Å²) < 4.78 is 0. The number of rotatable bonds is 6. The molecule has 0 amide bonds. The van der Waals surface area contributed by atoms with Gasteiger partial charge in [-0.1, -0.05) is 67.9 Å². The number of phenols is 1. The lowest BCUT2D eigenvalue weighted by Gasteiger charge is -2.21. The fraction of sp³-hybridized carbons (Fsp3) is 0.333. The minimum absolute atomic E-state index is 0.169. The summed E-state index contributed by atoms with van der Waals surface area (Å²) in [6, 6.07) is 16.1. The van der Waals surface area contributed by atoms with Crippen LogP contribution in [-0.2, 0) is 6.54 Å². The van der Waals surface area contributed by atoms with E-state index in [1.165, 1.54) is 5.56 Å². The molecule has 1 atom stereocenters. The van der Waals surface area contributed by atoms with Crippen LogP contribution in [0.4, 0.5) is 0 Å². The van der Waals surface area contributed by atoms with Crippen LogP contribution in [0.15, 0.2) is 48.5 Å². The SMILES string of the molecule is CC(C)CC(NCc1cccc(Cl)c1O)c1ccccc1. The molecule has 2 rings (SSSR count). The van der Waals surface area contributed by atoms with Gasteiger partial charge in [-0.2, -0.15) is 0 Å². The first kappa shape index (κ1) is 15.9. The van der Waals surface area contributed by atoms with Crippen LogP contribution in [-0.4, -0.2) is 5.11 Å². The molecule has 1 unspecified atom stereocenters.